The fraction of sp³-hybridized carbons (Fsp3) is 0.364. The summed E-state index contributed by atoms with van der Waals surface area (Å²) in [5, 5.41) is 19.7. The maximum atomic E-state index is 10.8. The van der Waals surface area contributed by atoms with E-state index in [2.05, 4.69) is 0 Å². The lowest BCUT2D eigenvalue weighted by molar-refractivity contribution is -0.385. The quantitative estimate of drug-likeness (QED) is 0.621. The molecule has 1 atom stereocenters. The zero-order valence-electron chi connectivity index (χ0n) is 9.54. The van der Waals surface area contributed by atoms with Crippen LogP contribution in [0.3, 0.4) is 0 Å². The van der Waals surface area contributed by atoms with Gasteiger partial charge in [-0.25, -0.2) is 4.79 Å². The largest absolute Gasteiger partial charge is 0.479 e. The fourth-order valence-electron chi connectivity index (χ4n) is 1.58. The predicted molar refractivity (Wildman–Crippen MR) is 60.0 cm³/mol. The van der Waals surface area contributed by atoms with Gasteiger partial charge in [0.2, 0.25) is 0 Å². The maximum absolute atomic E-state index is 10.8. The van der Waals surface area contributed by atoms with Gasteiger partial charge < -0.3 is 9.84 Å². The third-order valence-corrected chi connectivity index (χ3v) is 2.53. The van der Waals surface area contributed by atoms with Gasteiger partial charge in [0, 0.05) is 25.2 Å². The highest BCUT2D eigenvalue weighted by Crippen LogP contribution is 2.23. The van der Waals surface area contributed by atoms with Gasteiger partial charge in [0.25, 0.3) is 5.69 Å². The fourth-order valence-corrected chi connectivity index (χ4v) is 1.58. The second-order valence-electron chi connectivity index (χ2n) is 3.60. The lowest BCUT2D eigenvalue weighted by Gasteiger charge is -2.12. The molecule has 0 aliphatic heterocycles. The molecular formula is C11H13NO5. The van der Waals surface area contributed by atoms with Crippen LogP contribution in [0.5, 0.6) is 0 Å². The molecule has 0 aromatic heterocycles. The Bertz CT molecular complexity index is 443. The highest BCUT2D eigenvalue weighted by Gasteiger charge is 2.23. The van der Waals surface area contributed by atoms with Crippen LogP contribution < -0.4 is 0 Å². The number of methoxy groups -OCH3 is 1. The average molecular weight is 239 g/mol. The van der Waals surface area contributed by atoms with Gasteiger partial charge in [-0.1, -0.05) is 12.1 Å². The van der Waals surface area contributed by atoms with Crippen molar-refractivity contribution >= 4 is 11.7 Å². The Kier molecular flexibility index (Phi) is 4.17. The Morgan fingerprint density at radius 1 is 1.59 bits per heavy atom. The van der Waals surface area contributed by atoms with E-state index in [1.165, 1.54) is 13.2 Å². The van der Waals surface area contributed by atoms with Crippen molar-refractivity contribution in [2.75, 3.05) is 7.11 Å². The molecule has 0 amide bonds. The molecule has 1 aromatic rings. The van der Waals surface area contributed by atoms with E-state index in [9.17, 15) is 14.9 Å². The number of nitro benzene ring substituents is 1. The predicted octanol–water partition coefficient (Wildman–Crippen LogP) is 1.55. The number of hydrogen-bond acceptors (Lipinski definition) is 4. The lowest BCUT2D eigenvalue weighted by atomic mass is 10.0. The minimum Gasteiger partial charge on any atom is -0.479 e. The lowest BCUT2D eigenvalue weighted by Crippen LogP contribution is -2.25. The third-order valence-electron chi connectivity index (χ3n) is 2.53. The van der Waals surface area contributed by atoms with Gasteiger partial charge in [0.05, 0.1) is 4.92 Å². The van der Waals surface area contributed by atoms with Crippen LogP contribution in [0, 0.1) is 17.0 Å². The molecule has 17 heavy (non-hydrogen) atoms. The van der Waals surface area contributed by atoms with E-state index in [-0.39, 0.29) is 12.1 Å². The first-order chi connectivity index (χ1) is 7.97. The van der Waals surface area contributed by atoms with E-state index in [0.29, 0.717) is 11.1 Å². The molecule has 6 heteroatoms. The van der Waals surface area contributed by atoms with Gasteiger partial charge >= 0.3 is 5.97 Å². The Morgan fingerprint density at radius 3 is 2.71 bits per heavy atom. The van der Waals surface area contributed by atoms with Gasteiger partial charge in [0.15, 0.2) is 6.10 Å². The van der Waals surface area contributed by atoms with Crippen LogP contribution in [0.1, 0.15) is 11.1 Å². The third kappa shape index (κ3) is 3.01. The van der Waals surface area contributed by atoms with Crippen LogP contribution in [0.15, 0.2) is 18.2 Å². The van der Waals surface area contributed by atoms with Crippen molar-refractivity contribution in [3.8, 4) is 0 Å². The molecule has 0 aliphatic rings. The molecule has 0 saturated carbocycles. The molecule has 1 rings (SSSR count). The number of rotatable bonds is 5. The van der Waals surface area contributed by atoms with E-state index in [1.54, 1.807) is 19.1 Å². The van der Waals surface area contributed by atoms with Crippen molar-refractivity contribution in [1.29, 1.82) is 0 Å². The zero-order valence-corrected chi connectivity index (χ0v) is 9.54. The number of ether oxygens (including phenoxy) is 1. The van der Waals surface area contributed by atoms with E-state index in [4.69, 9.17) is 9.84 Å². The molecule has 0 bridgehead atoms. The summed E-state index contributed by atoms with van der Waals surface area (Å²) in [7, 11) is 1.27. The minimum absolute atomic E-state index is 0.0190. The summed E-state index contributed by atoms with van der Waals surface area (Å²) in [6.07, 6.45) is -1.09. The number of hydrogen-bond donors (Lipinski definition) is 1. The van der Waals surface area contributed by atoms with Crippen LogP contribution in [-0.2, 0) is 16.0 Å². The van der Waals surface area contributed by atoms with Crippen LogP contribution in [0.4, 0.5) is 5.69 Å². The summed E-state index contributed by atoms with van der Waals surface area (Å²) in [6.45, 7) is 1.71. The van der Waals surface area contributed by atoms with E-state index < -0.39 is 17.0 Å². The van der Waals surface area contributed by atoms with Gasteiger partial charge in [-0.05, 0) is 12.5 Å². The van der Waals surface area contributed by atoms with Crippen molar-refractivity contribution in [3.05, 3.63) is 39.4 Å². The molecule has 92 valence electrons. The number of nitrogens with zero attached hydrogens (tertiary/aromatic N) is 1. The smallest absolute Gasteiger partial charge is 0.333 e. The van der Waals surface area contributed by atoms with Crippen molar-refractivity contribution < 1.29 is 19.6 Å². The number of carboxylic acid groups (broad SMARTS) is 1. The Morgan fingerprint density at radius 2 is 2.24 bits per heavy atom. The molecular weight excluding hydrogens is 226 g/mol. The Balaban J connectivity index is 3.12. The van der Waals surface area contributed by atoms with Crippen LogP contribution in [0.2, 0.25) is 0 Å². The average Bonchev–Trinajstić information content (AvgIpc) is 2.26. The van der Waals surface area contributed by atoms with Crippen LogP contribution in [-0.4, -0.2) is 29.2 Å². The standard InChI is InChI=1S/C11H13NO5/c1-7-4-3-5-9(12(15)16)8(7)6-10(17-2)11(13)14/h3-5,10H,6H2,1-2H3,(H,13,14). The summed E-state index contributed by atoms with van der Waals surface area (Å²) < 4.78 is 4.78. The summed E-state index contributed by atoms with van der Waals surface area (Å²) in [6, 6.07) is 4.63. The normalized spacial score (nSPS) is 12.1. The summed E-state index contributed by atoms with van der Waals surface area (Å²) in [5.74, 6) is -1.13. The first kappa shape index (κ1) is 13.1. The van der Waals surface area contributed by atoms with Crippen molar-refractivity contribution in [1.82, 2.24) is 0 Å². The molecule has 6 nitrogen and oxygen atoms in total. The number of carbonyl (C=O) groups is 1. The highest BCUT2D eigenvalue weighted by molar-refractivity contribution is 5.73. The number of aliphatic carboxylic acids is 1. The topological polar surface area (TPSA) is 89.7 Å². The molecule has 0 saturated heterocycles. The van der Waals surface area contributed by atoms with E-state index in [1.807, 2.05) is 0 Å². The summed E-state index contributed by atoms with van der Waals surface area (Å²) in [5.41, 5.74) is 1.00. The highest BCUT2D eigenvalue weighted by atomic mass is 16.6. The van der Waals surface area contributed by atoms with Gasteiger partial charge in [-0.2, -0.15) is 0 Å². The number of nitro groups is 1. The summed E-state index contributed by atoms with van der Waals surface area (Å²) in [4.78, 5) is 21.1. The second kappa shape index (κ2) is 5.40. The molecule has 0 heterocycles. The van der Waals surface area contributed by atoms with Crippen molar-refractivity contribution in [3.63, 3.8) is 0 Å². The molecule has 0 spiro atoms. The van der Waals surface area contributed by atoms with Crippen molar-refractivity contribution in [2.24, 2.45) is 0 Å². The van der Waals surface area contributed by atoms with Crippen LogP contribution in [0.25, 0.3) is 0 Å². The van der Waals surface area contributed by atoms with Crippen molar-refractivity contribution in [2.45, 2.75) is 19.4 Å². The summed E-state index contributed by atoms with van der Waals surface area (Å²) >= 11 is 0. The number of benzene rings is 1. The number of aryl methyl sites for hydroxylation is 1. The first-order valence-electron chi connectivity index (χ1n) is 4.95. The molecule has 1 N–H and O–H groups in total. The Labute approximate surface area is 98.0 Å². The second-order valence-corrected chi connectivity index (χ2v) is 3.60. The first-order valence-corrected chi connectivity index (χ1v) is 4.95. The molecule has 0 fully saturated rings. The molecule has 1 aromatic carbocycles. The zero-order chi connectivity index (χ0) is 13.0. The van der Waals surface area contributed by atoms with Gasteiger partial charge in [0.1, 0.15) is 0 Å². The van der Waals surface area contributed by atoms with Gasteiger partial charge in [-0.15, -0.1) is 0 Å². The molecule has 1 unspecified atom stereocenters. The molecule has 0 radical (unpaired) electrons. The Hall–Kier alpha value is -1.95. The minimum atomic E-state index is -1.13. The SMILES string of the molecule is COC(Cc1c(C)cccc1[N+](=O)[O-])C(=O)O. The maximum Gasteiger partial charge on any atom is 0.333 e. The molecule has 0 aliphatic carbocycles. The van der Waals surface area contributed by atoms with E-state index >= 15 is 0 Å². The monoisotopic (exact) mass is 239 g/mol. The van der Waals surface area contributed by atoms with E-state index in [0.717, 1.165) is 0 Å². The van der Waals surface area contributed by atoms with Crippen LogP contribution >= 0.6 is 0 Å². The number of carboxylic acids is 1. The van der Waals surface area contributed by atoms with Gasteiger partial charge in [-0.3, -0.25) is 10.1 Å².